The van der Waals surface area contributed by atoms with Gasteiger partial charge in [0.25, 0.3) is 0 Å². The maximum absolute atomic E-state index is 12.9. The molecule has 148 valence electrons. The number of aromatic nitrogens is 2. The third-order valence-electron chi connectivity index (χ3n) is 3.47. The van der Waals surface area contributed by atoms with Crippen molar-refractivity contribution in [3.8, 4) is 0 Å². The molecule has 2 rings (SSSR count). The van der Waals surface area contributed by atoms with Crippen LogP contribution >= 0.6 is 23.1 Å². The summed E-state index contributed by atoms with van der Waals surface area (Å²) in [6.07, 6.45) is -2.39. The zero-order valence-corrected chi connectivity index (χ0v) is 16.5. The fourth-order valence-electron chi connectivity index (χ4n) is 2.18. The first kappa shape index (κ1) is 21.5. The number of alkyl halides is 3. The SMILES string of the molecule is CCCCNc1nnc(SCC(=O)N(Cc2ccccc2)CC(F)(F)F)s1. The molecule has 0 aliphatic rings. The molecule has 0 fully saturated rings. The van der Waals surface area contributed by atoms with Crippen molar-refractivity contribution < 1.29 is 18.0 Å². The Labute approximate surface area is 164 Å². The minimum absolute atomic E-state index is 0.0836. The second-order valence-corrected chi connectivity index (χ2v) is 7.99. The number of unbranched alkanes of at least 4 members (excludes halogenated alkanes) is 1. The number of rotatable bonds is 10. The molecule has 0 spiro atoms. The van der Waals surface area contributed by atoms with E-state index in [1.165, 1.54) is 11.3 Å². The molecular formula is C17H21F3N4OS2. The van der Waals surface area contributed by atoms with Crippen molar-refractivity contribution in [3.63, 3.8) is 0 Å². The lowest BCUT2D eigenvalue weighted by atomic mass is 10.2. The molecule has 0 bridgehead atoms. The molecule has 0 saturated carbocycles. The van der Waals surface area contributed by atoms with Gasteiger partial charge in [0, 0.05) is 13.1 Å². The maximum atomic E-state index is 12.9. The lowest BCUT2D eigenvalue weighted by molar-refractivity contribution is -0.160. The van der Waals surface area contributed by atoms with Gasteiger partial charge in [-0.05, 0) is 12.0 Å². The van der Waals surface area contributed by atoms with Crippen LogP contribution in [-0.4, -0.2) is 46.0 Å². The topological polar surface area (TPSA) is 58.1 Å². The van der Waals surface area contributed by atoms with Crippen molar-refractivity contribution in [2.75, 3.05) is 24.2 Å². The quantitative estimate of drug-likeness (QED) is 0.457. The summed E-state index contributed by atoms with van der Waals surface area (Å²) in [7, 11) is 0. The fourth-order valence-corrected chi connectivity index (χ4v) is 3.86. The number of amides is 1. The van der Waals surface area contributed by atoms with Crippen molar-refractivity contribution in [2.45, 2.75) is 36.8 Å². The van der Waals surface area contributed by atoms with Crippen molar-refractivity contribution in [3.05, 3.63) is 35.9 Å². The number of carbonyl (C=O) groups is 1. The Morgan fingerprint density at radius 2 is 2.00 bits per heavy atom. The van der Waals surface area contributed by atoms with E-state index >= 15 is 0 Å². The van der Waals surface area contributed by atoms with Gasteiger partial charge < -0.3 is 10.2 Å². The van der Waals surface area contributed by atoms with Gasteiger partial charge in [0.15, 0.2) is 4.34 Å². The molecule has 1 heterocycles. The van der Waals surface area contributed by atoms with E-state index in [9.17, 15) is 18.0 Å². The molecule has 1 amide bonds. The highest BCUT2D eigenvalue weighted by Gasteiger charge is 2.33. The first-order valence-electron chi connectivity index (χ1n) is 8.46. The van der Waals surface area contributed by atoms with Crippen LogP contribution < -0.4 is 5.32 Å². The van der Waals surface area contributed by atoms with E-state index in [1.807, 2.05) is 0 Å². The lowest BCUT2D eigenvalue weighted by Gasteiger charge is -2.23. The predicted molar refractivity (Wildman–Crippen MR) is 102 cm³/mol. The summed E-state index contributed by atoms with van der Waals surface area (Å²) in [4.78, 5) is 13.2. The second kappa shape index (κ2) is 10.5. The molecule has 0 atom stereocenters. The summed E-state index contributed by atoms with van der Waals surface area (Å²) in [6, 6.07) is 8.63. The van der Waals surface area contributed by atoms with Crippen LogP contribution in [0.4, 0.5) is 18.3 Å². The summed E-state index contributed by atoms with van der Waals surface area (Å²) in [5.41, 5.74) is 0.651. The molecule has 27 heavy (non-hydrogen) atoms. The third-order valence-corrected chi connectivity index (χ3v) is 5.47. The molecule has 0 aliphatic heterocycles. The van der Waals surface area contributed by atoms with Gasteiger partial charge in [-0.1, -0.05) is 66.8 Å². The second-order valence-electron chi connectivity index (χ2n) is 5.79. The van der Waals surface area contributed by atoms with Gasteiger partial charge in [-0.3, -0.25) is 4.79 Å². The number of hydrogen-bond acceptors (Lipinski definition) is 6. The average molecular weight is 419 g/mol. The Morgan fingerprint density at radius 1 is 1.26 bits per heavy atom. The molecule has 0 unspecified atom stereocenters. The standard InChI is InChI=1S/C17H21F3N4OS2/c1-2-3-9-21-15-22-23-16(27-15)26-11-14(25)24(12-17(18,19)20)10-13-7-5-4-6-8-13/h4-8H,2-3,9-12H2,1H3,(H,21,22). The largest absolute Gasteiger partial charge is 0.406 e. The zero-order valence-electron chi connectivity index (χ0n) is 14.8. The van der Waals surface area contributed by atoms with Crippen LogP contribution in [0.5, 0.6) is 0 Å². The van der Waals surface area contributed by atoms with Crippen LogP contribution in [0.15, 0.2) is 34.7 Å². The summed E-state index contributed by atoms with van der Waals surface area (Å²) in [5, 5.41) is 11.7. The number of benzene rings is 1. The summed E-state index contributed by atoms with van der Waals surface area (Å²) in [6.45, 7) is 1.50. The first-order chi connectivity index (χ1) is 12.9. The van der Waals surface area contributed by atoms with E-state index in [-0.39, 0.29) is 12.3 Å². The zero-order chi connectivity index (χ0) is 19.7. The highest BCUT2D eigenvalue weighted by Crippen LogP contribution is 2.26. The molecule has 2 aromatic rings. The smallest absolute Gasteiger partial charge is 0.360 e. The van der Waals surface area contributed by atoms with Crippen LogP contribution in [0, 0.1) is 0 Å². The van der Waals surface area contributed by atoms with Crippen LogP contribution in [0.25, 0.3) is 0 Å². The minimum atomic E-state index is -4.45. The average Bonchev–Trinajstić information content (AvgIpc) is 3.07. The van der Waals surface area contributed by atoms with Gasteiger partial charge in [0.2, 0.25) is 11.0 Å². The summed E-state index contributed by atoms with van der Waals surface area (Å²) in [5.74, 6) is -0.705. The molecule has 5 nitrogen and oxygen atoms in total. The van der Waals surface area contributed by atoms with Crippen LogP contribution in [0.1, 0.15) is 25.3 Å². The Morgan fingerprint density at radius 3 is 2.67 bits per heavy atom. The van der Waals surface area contributed by atoms with Gasteiger partial charge in [-0.25, -0.2) is 0 Å². The molecule has 10 heteroatoms. The fraction of sp³-hybridized carbons (Fsp3) is 0.471. The predicted octanol–water partition coefficient (Wildman–Crippen LogP) is 4.43. The number of nitrogens with zero attached hydrogens (tertiary/aromatic N) is 3. The van der Waals surface area contributed by atoms with E-state index in [1.54, 1.807) is 30.3 Å². The molecular weight excluding hydrogens is 397 g/mol. The van der Waals surface area contributed by atoms with Crippen molar-refractivity contribution in [1.29, 1.82) is 0 Å². The van der Waals surface area contributed by atoms with Gasteiger partial charge in [0.05, 0.1) is 5.75 Å². The minimum Gasteiger partial charge on any atom is -0.360 e. The normalized spacial score (nSPS) is 11.4. The Hall–Kier alpha value is -1.81. The van der Waals surface area contributed by atoms with Crippen LogP contribution in [0.3, 0.4) is 0 Å². The number of halogens is 3. The molecule has 1 N–H and O–H groups in total. The maximum Gasteiger partial charge on any atom is 0.406 e. The highest BCUT2D eigenvalue weighted by atomic mass is 32.2. The van der Waals surface area contributed by atoms with Crippen LogP contribution in [0.2, 0.25) is 0 Å². The van der Waals surface area contributed by atoms with Crippen molar-refractivity contribution in [1.82, 2.24) is 15.1 Å². The van der Waals surface area contributed by atoms with E-state index < -0.39 is 18.6 Å². The third kappa shape index (κ3) is 8.17. The van der Waals surface area contributed by atoms with Gasteiger partial charge >= 0.3 is 6.18 Å². The Kier molecular flexibility index (Phi) is 8.36. The van der Waals surface area contributed by atoms with E-state index in [2.05, 4.69) is 22.4 Å². The van der Waals surface area contributed by atoms with Crippen molar-refractivity contribution in [2.24, 2.45) is 0 Å². The lowest BCUT2D eigenvalue weighted by Crippen LogP contribution is -2.39. The molecule has 1 aromatic carbocycles. The molecule has 0 aliphatic carbocycles. The molecule has 0 radical (unpaired) electrons. The Balaban J connectivity index is 1.92. The van der Waals surface area contributed by atoms with Crippen molar-refractivity contribution >= 4 is 34.1 Å². The van der Waals surface area contributed by atoms with E-state index in [4.69, 9.17) is 0 Å². The van der Waals surface area contributed by atoms with Gasteiger partial charge in [-0.15, -0.1) is 10.2 Å². The molecule has 0 saturated heterocycles. The Bertz CT molecular complexity index is 710. The first-order valence-corrected chi connectivity index (χ1v) is 10.3. The monoisotopic (exact) mass is 418 g/mol. The number of hydrogen-bond donors (Lipinski definition) is 1. The summed E-state index contributed by atoms with van der Waals surface area (Å²) >= 11 is 2.39. The number of anilines is 1. The number of nitrogens with one attached hydrogen (secondary N) is 1. The van der Waals surface area contributed by atoms with Gasteiger partial charge in [-0.2, -0.15) is 13.2 Å². The van der Waals surface area contributed by atoms with E-state index in [0.717, 1.165) is 36.0 Å². The number of thioether (sulfide) groups is 1. The number of carbonyl (C=O) groups excluding carboxylic acids is 1. The highest BCUT2D eigenvalue weighted by molar-refractivity contribution is 8.01. The van der Waals surface area contributed by atoms with Gasteiger partial charge in [0.1, 0.15) is 6.54 Å². The van der Waals surface area contributed by atoms with Crippen LogP contribution in [-0.2, 0) is 11.3 Å². The summed E-state index contributed by atoms with van der Waals surface area (Å²) < 4.78 is 39.1. The van der Waals surface area contributed by atoms with E-state index in [0.29, 0.717) is 15.0 Å². The molecule has 1 aromatic heterocycles.